The van der Waals surface area contributed by atoms with Crippen molar-refractivity contribution in [1.82, 2.24) is 5.32 Å². The molecule has 2 aromatic rings. The highest BCUT2D eigenvalue weighted by molar-refractivity contribution is 5.29. The Hall–Kier alpha value is -1.60. The maximum Gasteiger partial charge on any atom is 0.0210 e. The number of hydrogen-bond donors (Lipinski definition) is 1. The van der Waals surface area contributed by atoms with Crippen LogP contribution >= 0.6 is 0 Å². The summed E-state index contributed by atoms with van der Waals surface area (Å²) in [6.45, 7) is 5.42. The second-order valence-electron chi connectivity index (χ2n) is 6.28. The lowest BCUT2D eigenvalue weighted by molar-refractivity contribution is 0.289. The van der Waals surface area contributed by atoms with E-state index < -0.39 is 0 Å². The Labute approximate surface area is 128 Å². The van der Waals surface area contributed by atoms with E-state index in [1.807, 2.05) is 0 Å². The largest absolute Gasteiger partial charge is 0.310 e. The van der Waals surface area contributed by atoms with Gasteiger partial charge in [0.25, 0.3) is 0 Å². The second kappa shape index (κ2) is 6.44. The molecule has 0 aliphatic heterocycles. The molecule has 0 radical (unpaired) electrons. The lowest BCUT2D eigenvalue weighted by atomic mass is 9.75. The molecule has 0 heterocycles. The van der Waals surface area contributed by atoms with Crippen LogP contribution in [0.5, 0.6) is 0 Å². The third-order valence-corrected chi connectivity index (χ3v) is 4.73. The van der Waals surface area contributed by atoms with Gasteiger partial charge in [-0.15, -0.1) is 0 Å². The van der Waals surface area contributed by atoms with Gasteiger partial charge < -0.3 is 5.32 Å². The quantitative estimate of drug-likeness (QED) is 0.844. The topological polar surface area (TPSA) is 12.0 Å². The first kappa shape index (κ1) is 14.3. The van der Waals surface area contributed by atoms with Gasteiger partial charge >= 0.3 is 0 Å². The lowest BCUT2D eigenvalue weighted by Gasteiger charge is -2.36. The molecule has 1 fully saturated rings. The van der Waals surface area contributed by atoms with E-state index in [1.165, 1.54) is 35.1 Å². The first-order chi connectivity index (χ1) is 10.3. The van der Waals surface area contributed by atoms with Crippen molar-refractivity contribution in [2.24, 2.45) is 0 Å². The Bertz CT molecular complexity index is 596. The van der Waals surface area contributed by atoms with Crippen LogP contribution in [0.4, 0.5) is 0 Å². The van der Waals surface area contributed by atoms with E-state index in [1.54, 1.807) is 0 Å². The number of rotatable bonds is 5. The standard InChI is InChI=1S/C20H25N/c1-3-16-8-4-5-9-18(16)14-21-20-12-19(13-20)17-10-6-7-15(2)11-17/h4-11,19-21H,3,12-14H2,1-2H3. The van der Waals surface area contributed by atoms with Gasteiger partial charge in [0.1, 0.15) is 0 Å². The average molecular weight is 279 g/mol. The van der Waals surface area contributed by atoms with Crippen LogP contribution in [0.2, 0.25) is 0 Å². The molecule has 0 aromatic heterocycles. The zero-order chi connectivity index (χ0) is 14.7. The maximum absolute atomic E-state index is 3.72. The molecule has 21 heavy (non-hydrogen) atoms. The molecule has 0 amide bonds. The van der Waals surface area contributed by atoms with E-state index in [0.29, 0.717) is 6.04 Å². The van der Waals surface area contributed by atoms with Crippen molar-refractivity contribution >= 4 is 0 Å². The number of hydrogen-bond acceptors (Lipinski definition) is 1. The predicted octanol–water partition coefficient (Wildman–Crippen LogP) is 4.59. The van der Waals surface area contributed by atoms with E-state index in [2.05, 4.69) is 67.7 Å². The van der Waals surface area contributed by atoms with Crippen molar-refractivity contribution in [1.29, 1.82) is 0 Å². The van der Waals surface area contributed by atoms with Crippen molar-refractivity contribution in [3.05, 3.63) is 70.8 Å². The Morgan fingerprint density at radius 2 is 1.76 bits per heavy atom. The first-order valence-corrected chi connectivity index (χ1v) is 8.13. The van der Waals surface area contributed by atoms with E-state index in [-0.39, 0.29) is 0 Å². The Morgan fingerprint density at radius 1 is 1.00 bits per heavy atom. The van der Waals surface area contributed by atoms with Crippen molar-refractivity contribution in [2.75, 3.05) is 0 Å². The predicted molar refractivity (Wildman–Crippen MR) is 89.6 cm³/mol. The van der Waals surface area contributed by atoms with Crippen molar-refractivity contribution < 1.29 is 0 Å². The molecular formula is C20H25N. The summed E-state index contributed by atoms with van der Waals surface area (Å²) in [7, 11) is 0. The van der Waals surface area contributed by atoms with E-state index >= 15 is 0 Å². The highest BCUT2D eigenvalue weighted by Crippen LogP contribution is 2.37. The molecule has 1 heteroatoms. The molecule has 3 rings (SSSR count). The molecule has 0 unspecified atom stereocenters. The van der Waals surface area contributed by atoms with E-state index in [4.69, 9.17) is 0 Å². The summed E-state index contributed by atoms with van der Waals surface area (Å²) in [6, 6.07) is 18.4. The van der Waals surface area contributed by atoms with Crippen LogP contribution in [-0.2, 0) is 13.0 Å². The van der Waals surface area contributed by atoms with Crippen LogP contribution < -0.4 is 5.32 Å². The number of nitrogens with one attached hydrogen (secondary N) is 1. The Kier molecular flexibility index (Phi) is 4.40. The summed E-state index contributed by atoms with van der Waals surface area (Å²) in [5, 5.41) is 3.72. The van der Waals surface area contributed by atoms with E-state index in [9.17, 15) is 0 Å². The molecule has 0 spiro atoms. The lowest BCUT2D eigenvalue weighted by Crippen LogP contribution is -2.39. The first-order valence-electron chi connectivity index (χ1n) is 8.13. The second-order valence-corrected chi connectivity index (χ2v) is 6.28. The van der Waals surface area contributed by atoms with Crippen LogP contribution in [0.1, 0.15) is 47.9 Å². The molecule has 1 N–H and O–H groups in total. The van der Waals surface area contributed by atoms with Crippen molar-refractivity contribution in [2.45, 2.75) is 51.6 Å². The van der Waals surface area contributed by atoms with Crippen LogP contribution in [0.15, 0.2) is 48.5 Å². The minimum absolute atomic E-state index is 0.681. The van der Waals surface area contributed by atoms with Crippen molar-refractivity contribution in [3.63, 3.8) is 0 Å². The molecule has 0 bridgehead atoms. The molecule has 2 aromatic carbocycles. The van der Waals surface area contributed by atoms with Gasteiger partial charge in [-0.25, -0.2) is 0 Å². The summed E-state index contributed by atoms with van der Waals surface area (Å²) in [4.78, 5) is 0. The Balaban J connectivity index is 1.51. The third kappa shape index (κ3) is 3.36. The Morgan fingerprint density at radius 3 is 2.48 bits per heavy atom. The molecule has 1 aliphatic carbocycles. The molecule has 0 atom stereocenters. The molecule has 0 saturated heterocycles. The zero-order valence-corrected chi connectivity index (χ0v) is 13.1. The van der Waals surface area contributed by atoms with Crippen LogP contribution in [0.3, 0.4) is 0 Å². The highest BCUT2D eigenvalue weighted by atomic mass is 14.9. The molecular weight excluding hydrogens is 254 g/mol. The average Bonchev–Trinajstić information content (AvgIpc) is 2.46. The normalized spacial score (nSPS) is 21.0. The summed E-state index contributed by atoms with van der Waals surface area (Å²) >= 11 is 0. The van der Waals surface area contributed by atoms with Crippen LogP contribution in [0.25, 0.3) is 0 Å². The highest BCUT2D eigenvalue weighted by Gasteiger charge is 2.29. The van der Waals surface area contributed by atoms with Gasteiger partial charge in [0.05, 0.1) is 0 Å². The van der Waals surface area contributed by atoms with Gasteiger partial charge in [0.2, 0.25) is 0 Å². The summed E-state index contributed by atoms with van der Waals surface area (Å²) in [5.41, 5.74) is 5.82. The van der Waals surface area contributed by atoms with Gasteiger partial charge in [-0.1, -0.05) is 61.0 Å². The van der Waals surface area contributed by atoms with Gasteiger partial charge in [-0.3, -0.25) is 0 Å². The fourth-order valence-electron chi connectivity index (χ4n) is 3.31. The minimum Gasteiger partial charge on any atom is -0.310 e. The number of aryl methyl sites for hydroxylation is 2. The van der Waals surface area contributed by atoms with Gasteiger partial charge in [-0.05, 0) is 48.8 Å². The van der Waals surface area contributed by atoms with Crippen LogP contribution in [0, 0.1) is 6.92 Å². The summed E-state index contributed by atoms with van der Waals surface area (Å²) < 4.78 is 0. The fraction of sp³-hybridized carbons (Fsp3) is 0.400. The zero-order valence-electron chi connectivity index (χ0n) is 13.1. The molecule has 1 nitrogen and oxygen atoms in total. The summed E-state index contributed by atoms with van der Waals surface area (Å²) in [6.07, 6.45) is 3.67. The minimum atomic E-state index is 0.681. The van der Waals surface area contributed by atoms with E-state index in [0.717, 1.165) is 18.9 Å². The van der Waals surface area contributed by atoms with Crippen LogP contribution in [-0.4, -0.2) is 6.04 Å². The molecule has 1 saturated carbocycles. The smallest absolute Gasteiger partial charge is 0.0210 e. The van der Waals surface area contributed by atoms with Crippen molar-refractivity contribution in [3.8, 4) is 0 Å². The monoisotopic (exact) mass is 279 g/mol. The summed E-state index contributed by atoms with van der Waals surface area (Å²) in [5.74, 6) is 0.754. The number of benzene rings is 2. The maximum atomic E-state index is 3.72. The molecule has 110 valence electrons. The fourth-order valence-corrected chi connectivity index (χ4v) is 3.31. The molecule has 1 aliphatic rings. The third-order valence-electron chi connectivity index (χ3n) is 4.73. The van der Waals surface area contributed by atoms with Gasteiger partial charge in [0, 0.05) is 12.6 Å². The van der Waals surface area contributed by atoms with Gasteiger partial charge in [0.15, 0.2) is 0 Å². The SMILES string of the molecule is CCc1ccccc1CNC1CC(c2cccc(C)c2)C1. The van der Waals surface area contributed by atoms with Gasteiger partial charge in [-0.2, -0.15) is 0 Å².